The molecule has 0 aliphatic heterocycles. The van der Waals surface area contributed by atoms with E-state index in [1.807, 2.05) is 28.7 Å². The van der Waals surface area contributed by atoms with Crippen LogP contribution in [0.2, 0.25) is 0 Å². The molecule has 1 aliphatic rings. The van der Waals surface area contributed by atoms with E-state index in [2.05, 4.69) is 15.3 Å². The molecule has 1 N–H and O–H groups in total. The molecule has 0 atom stereocenters. The normalized spacial score (nSPS) is 19.2. The number of hydrogen-bond acceptors (Lipinski definition) is 4. The molecule has 172 valence electrons. The Hall–Kier alpha value is -3.56. The summed E-state index contributed by atoms with van der Waals surface area (Å²) >= 11 is 0. The number of imidazole rings is 2. The van der Waals surface area contributed by atoms with Gasteiger partial charge in [0, 0.05) is 49.5 Å². The number of nitrogens with one attached hydrogen (secondary N) is 1. The molecule has 1 saturated carbocycles. The standard InChI is InChI=1S/C23H23F3N6O/c1-30(21-4-2-3-19-29-18(14-32(19)21)23(24,25)26)17-7-5-16(6-8-17)28-22(33)15-9-11-31-12-10-27-20(31)13-15/h2-4,9-14,16-17H,5-8H2,1H3,(H,28,33)/t16-,17+. The highest BCUT2D eigenvalue weighted by Crippen LogP contribution is 2.31. The van der Waals surface area contributed by atoms with Crippen molar-refractivity contribution in [3.63, 3.8) is 0 Å². The number of carbonyl (C=O) groups is 1. The van der Waals surface area contributed by atoms with Gasteiger partial charge in [0.05, 0.1) is 0 Å². The summed E-state index contributed by atoms with van der Waals surface area (Å²) in [4.78, 5) is 22.6. The SMILES string of the molecule is CN(c1cccc2nc(C(F)(F)F)cn12)[C@H]1CC[C@@H](NC(=O)c2ccn3ccnc3c2)CC1. The Balaban J connectivity index is 1.24. The van der Waals surface area contributed by atoms with E-state index >= 15 is 0 Å². The molecule has 5 rings (SSSR count). The summed E-state index contributed by atoms with van der Waals surface area (Å²) in [6.45, 7) is 0. The third-order valence-corrected chi connectivity index (χ3v) is 6.36. The maximum atomic E-state index is 13.1. The van der Waals surface area contributed by atoms with Crippen LogP contribution in [-0.2, 0) is 6.18 Å². The monoisotopic (exact) mass is 456 g/mol. The summed E-state index contributed by atoms with van der Waals surface area (Å²) in [5, 5.41) is 3.11. The molecule has 1 fully saturated rings. The van der Waals surface area contributed by atoms with Gasteiger partial charge in [-0.3, -0.25) is 9.20 Å². The van der Waals surface area contributed by atoms with Crippen molar-refractivity contribution in [2.45, 2.75) is 43.9 Å². The highest BCUT2D eigenvalue weighted by atomic mass is 19.4. The zero-order valence-electron chi connectivity index (χ0n) is 18.0. The predicted molar refractivity (Wildman–Crippen MR) is 117 cm³/mol. The maximum absolute atomic E-state index is 13.1. The first-order valence-electron chi connectivity index (χ1n) is 10.8. The first-order chi connectivity index (χ1) is 15.8. The Morgan fingerprint density at radius 3 is 2.67 bits per heavy atom. The quantitative estimate of drug-likeness (QED) is 0.500. The number of carbonyl (C=O) groups excluding carboxylic acids is 1. The molecule has 4 aromatic heterocycles. The van der Waals surface area contributed by atoms with Crippen LogP contribution in [0.4, 0.5) is 19.0 Å². The van der Waals surface area contributed by atoms with E-state index in [1.54, 1.807) is 36.5 Å². The molecule has 7 nitrogen and oxygen atoms in total. The van der Waals surface area contributed by atoms with Crippen molar-refractivity contribution in [1.29, 1.82) is 0 Å². The van der Waals surface area contributed by atoms with Crippen molar-refractivity contribution in [1.82, 2.24) is 24.1 Å². The van der Waals surface area contributed by atoms with E-state index in [0.29, 0.717) is 11.4 Å². The van der Waals surface area contributed by atoms with Crippen molar-refractivity contribution in [2.75, 3.05) is 11.9 Å². The van der Waals surface area contributed by atoms with Crippen LogP contribution in [0.25, 0.3) is 11.3 Å². The summed E-state index contributed by atoms with van der Waals surface area (Å²) in [5.41, 5.74) is 0.654. The third-order valence-electron chi connectivity index (χ3n) is 6.36. The smallest absolute Gasteiger partial charge is 0.358 e. The summed E-state index contributed by atoms with van der Waals surface area (Å²) in [6.07, 6.45) is 5.09. The van der Waals surface area contributed by atoms with Crippen LogP contribution in [0.15, 0.2) is 55.1 Å². The molecule has 0 spiro atoms. The topological polar surface area (TPSA) is 66.9 Å². The van der Waals surface area contributed by atoms with Crippen LogP contribution in [0.1, 0.15) is 41.7 Å². The maximum Gasteiger partial charge on any atom is 0.434 e. The highest BCUT2D eigenvalue weighted by molar-refractivity contribution is 5.95. The zero-order valence-corrected chi connectivity index (χ0v) is 18.0. The Labute approximate surface area is 187 Å². The number of halogens is 3. The number of nitrogens with zero attached hydrogens (tertiary/aromatic N) is 5. The van der Waals surface area contributed by atoms with E-state index < -0.39 is 11.9 Å². The number of aromatic nitrogens is 4. The Kier molecular flexibility index (Phi) is 5.22. The molecule has 0 saturated heterocycles. The van der Waals surface area contributed by atoms with Gasteiger partial charge in [-0.25, -0.2) is 9.97 Å². The molecule has 1 aliphatic carbocycles. The van der Waals surface area contributed by atoms with Gasteiger partial charge in [0.1, 0.15) is 17.1 Å². The Morgan fingerprint density at radius 2 is 1.91 bits per heavy atom. The Morgan fingerprint density at radius 1 is 1.12 bits per heavy atom. The minimum Gasteiger partial charge on any atom is -0.358 e. The molecular formula is C23H23F3N6O. The molecule has 1 amide bonds. The highest BCUT2D eigenvalue weighted by Gasteiger charge is 2.34. The van der Waals surface area contributed by atoms with Gasteiger partial charge >= 0.3 is 6.18 Å². The zero-order chi connectivity index (χ0) is 23.2. The fraction of sp³-hybridized carbons (Fsp3) is 0.348. The molecule has 0 bridgehead atoms. The van der Waals surface area contributed by atoms with Crippen LogP contribution < -0.4 is 10.2 Å². The minimum absolute atomic E-state index is 0.0546. The van der Waals surface area contributed by atoms with E-state index in [0.717, 1.165) is 37.5 Å². The number of amides is 1. The van der Waals surface area contributed by atoms with Crippen LogP contribution in [0.3, 0.4) is 0 Å². The fourth-order valence-corrected chi connectivity index (χ4v) is 4.53. The first kappa shape index (κ1) is 21.3. The van der Waals surface area contributed by atoms with Crippen LogP contribution in [0.5, 0.6) is 0 Å². The van der Waals surface area contributed by atoms with Gasteiger partial charge in [-0.1, -0.05) is 6.07 Å². The second-order valence-corrected chi connectivity index (χ2v) is 8.43. The van der Waals surface area contributed by atoms with E-state index in [9.17, 15) is 18.0 Å². The average Bonchev–Trinajstić information content (AvgIpc) is 3.45. The summed E-state index contributed by atoms with van der Waals surface area (Å²) in [7, 11) is 1.89. The third kappa shape index (κ3) is 4.12. The number of alkyl halides is 3. The number of fused-ring (bicyclic) bond motifs is 2. The molecular weight excluding hydrogens is 433 g/mol. The molecule has 0 unspecified atom stereocenters. The lowest BCUT2D eigenvalue weighted by molar-refractivity contribution is -0.140. The molecule has 33 heavy (non-hydrogen) atoms. The summed E-state index contributed by atoms with van der Waals surface area (Å²) in [6, 6.07) is 8.83. The van der Waals surface area contributed by atoms with Gasteiger partial charge in [0.25, 0.3) is 5.91 Å². The van der Waals surface area contributed by atoms with E-state index in [-0.39, 0.29) is 23.6 Å². The van der Waals surface area contributed by atoms with Gasteiger partial charge in [0.15, 0.2) is 5.69 Å². The number of pyridine rings is 2. The summed E-state index contributed by atoms with van der Waals surface area (Å²) < 4.78 is 42.7. The van der Waals surface area contributed by atoms with Gasteiger partial charge in [0.2, 0.25) is 0 Å². The second kappa shape index (κ2) is 8.09. The van der Waals surface area contributed by atoms with Crippen molar-refractivity contribution < 1.29 is 18.0 Å². The van der Waals surface area contributed by atoms with Crippen molar-refractivity contribution in [3.8, 4) is 0 Å². The molecule has 4 aromatic rings. The van der Waals surface area contributed by atoms with Gasteiger partial charge in [-0.05, 0) is 49.9 Å². The fourth-order valence-electron chi connectivity index (χ4n) is 4.53. The van der Waals surface area contributed by atoms with Crippen molar-refractivity contribution in [2.24, 2.45) is 0 Å². The van der Waals surface area contributed by atoms with Gasteiger partial charge < -0.3 is 14.6 Å². The van der Waals surface area contributed by atoms with Gasteiger partial charge in [-0.2, -0.15) is 13.2 Å². The molecule has 4 heterocycles. The van der Waals surface area contributed by atoms with Gasteiger partial charge in [-0.15, -0.1) is 0 Å². The van der Waals surface area contributed by atoms with Crippen LogP contribution >= 0.6 is 0 Å². The number of anilines is 1. The van der Waals surface area contributed by atoms with E-state index in [4.69, 9.17) is 0 Å². The van der Waals surface area contributed by atoms with E-state index in [1.165, 1.54) is 4.40 Å². The average molecular weight is 456 g/mol. The number of rotatable bonds is 4. The first-order valence-corrected chi connectivity index (χ1v) is 10.8. The number of hydrogen-bond donors (Lipinski definition) is 1. The molecule has 0 aromatic carbocycles. The van der Waals surface area contributed by atoms with Crippen molar-refractivity contribution >= 4 is 23.0 Å². The molecule has 0 radical (unpaired) electrons. The minimum atomic E-state index is -4.49. The second-order valence-electron chi connectivity index (χ2n) is 8.43. The van der Waals surface area contributed by atoms with Crippen LogP contribution in [-0.4, -0.2) is 43.8 Å². The predicted octanol–water partition coefficient (Wildman–Crippen LogP) is 4.18. The van der Waals surface area contributed by atoms with Crippen LogP contribution in [0, 0.1) is 0 Å². The lowest BCUT2D eigenvalue weighted by Gasteiger charge is -2.36. The summed E-state index contributed by atoms with van der Waals surface area (Å²) in [5.74, 6) is 0.538. The lowest BCUT2D eigenvalue weighted by atomic mass is 9.90. The van der Waals surface area contributed by atoms with Crippen molar-refractivity contribution in [3.05, 3.63) is 66.4 Å². The largest absolute Gasteiger partial charge is 0.434 e. The lowest BCUT2D eigenvalue weighted by Crippen LogP contribution is -2.43. The Bertz CT molecular complexity index is 1300. The molecule has 10 heteroatoms.